The number of carbonyl (C=O) groups is 1. The Labute approximate surface area is 165 Å². The smallest absolute Gasteiger partial charge is 0.267 e. The number of hydrogen-bond acceptors (Lipinski definition) is 5. The molecule has 146 valence electrons. The van der Waals surface area contributed by atoms with E-state index in [-0.39, 0.29) is 6.17 Å². The van der Waals surface area contributed by atoms with Crippen LogP contribution in [0.3, 0.4) is 0 Å². The van der Waals surface area contributed by atoms with E-state index in [2.05, 4.69) is 58.4 Å². The zero-order chi connectivity index (χ0) is 19.5. The number of rotatable bonds is 5. The lowest BCUT2D eigenvalue weighted by molar-refractivity contribution is -0.124. The number of anilines is 2. The van der Waals surface area contributed by atoms with Gasteiger partial charge in [0.1, 0.15) is 6.17 Å². The zero-order valence-corrected chi connectivity index (χ0v) is 16.0. The summed E-state index contributed by atoms with van der Waals surface area (Å²) in [4.78, 5) is 16.3. The quantitative estimate of drug-likeness (QED) is 0.423. The number of fused-ring (bicyclic) bond motifs is 1. The maximum Gasteiger partial charge on any atom is 0.267 e. The van der Waals surface area contributed by atoms with Crippen LogP contribution in [0, 0.1) is 0 Å². The second-order valence-electron chi connectivity index (χ2n) is 7.29. The first-order chi connectivity index (χ1) is 13.7. The van der Waals surface area contributed by atoms with Crippen LogP contribution in [-0.2, 0) is 4.79 Å². The lowest BCUT2D eigenvalue weighted by atomic mass is 10.1. The Kier molecular flexibility index (Phi) is 5.32. The Hall–Kier alpha value is -2.83. The molecule has 2 aliphatic heterocycles. The first-order valence-electron chi connectivity index (χ1n) is 9.78. The fourth-order valence-electron chi connectivity index (χ4n) is 4.20. The van der Waals surface area contributed by atoms with E-state index in [0.717, 1.165) is 42.9 Å². The predicted molar refractivity (Wildman–Crippen MR) is 111 cm³/mol. The molecule has 2 aromatic rings. The molecule has 1 saturated heterocycles. The number of carbonyl (C=O) groups excluding carboxylic acids is 1. The van der Waals surface area contributed by atoms with Gasteiger partial charge in [-0.2, -0.15) is 0 Å². The summed E-state index contributed by atoms with van der Waals surface area (Å²) in [6.07, 6.45) is 4.23. The average Bonchev–Trinajstić information content (AvgIpc) is 3.36. The molecule has 3 N–H and O–H groups in total. The standard InChI is InChI=1S/C22H26N4O2/c1-2-25-13-12-18(15-25)26-20-9-4-3-8-19(20)23-22(26)17-7-5-6-16(14-17)10-11-21(27)24-28/h3-11,14,18,22-23,28H,2,12-13,15H2,1H3,(H,24,27). The van der Waals surface area contributed by atoms with E-state index >= 15 is 0 Å². The van der Waals surface area contributed by atoms with Crippen LogP contribution >= 0.6 is 0 Å². The Balaban J connectivity index is 1.65. The van der Waals surface area contributed by atoms with Gasteiger partial charge in [0.05, 0.1) is 11.4 Å². The van der Waals surface area contributed by atoms with Crippen LogP contribution in [0.2, 0.25) is 0 Å². The molecular formula is C22H26N4O2. The second kappa shape index (κ2) is 8.04. The number of nitrogens with zero attached hydrogens (tertiary/aromatic N) is 2. The van der Waals surface area contributed by atoms with Crippen molar-refractivity contribution in [1.82, 2.24) is 10.4 Å². The van der Waals surface area contributed by atoms with Gasteiger partial charge >= 0.3 is 0 Å². The van der Waals surface area contributed by atoms with Crippen LogP contribution in [0.4, 0.5) is 11.4 Å². The first-order valence-corrected chi connectivity index (χ1v) is 9.78. The maximum absolute atomic E-state index is 11.3. The highest BCUT2D eigenvalue weighted by molar-refractivity contribution is 5.90. The SMILES string of the molecule is CCN1CCC(N2c3ccccc3NC2c2cccc(C=CC(=O)NO)c2)C1. The molecule has 2 aromatic carbocycles. The summed E-state index contributed by atoms with van der Waals surface area (Å²) in [5.74, 6) is -0.538. The van der Waals surface area contributed by atoms with Gasteiger partial charge in [0.25, 0.3) is 5.91 Å². The Morgan fingerprint density at radius 3 is 2.93 bits per heavy atom. The zero-order valence-electron chi connectivity index (χ0n) is 16.0. The molecule has 4 rings (SSSR count). The second-order valence-corrected chi connectivity index (χ2v) is 7.29. The Morgan fingerprint density at radius 1 is 1.29 bits per heavy atom. The van der Waals surface area contributed by atoms with Crippen LogP contribution in [0.1, 0.15) is 30.6 Å². The fourth-order valence-corrected chi connectivity index (χ4v) is 4.20. The van der Waals surface area contributed by atoms with E-state index in [0.29, 0.717) is 6.04 Å². The molecule has 0 aromatic heterocycles. The van der Waals surface area contributed by atoms with Gasteiger partial charge in [0.15, 0.2) is 0 Å². The largest absolute Gasteiger partial charge is 0.360 e. The number of para-hydroxylation sites is 2. The molecule has 0 saturated carbocycles. The molecule has 1 fully saturated rings. The predicted octanol–water partition coefficient (Wildman–Crippen LogP) is 3.23. The van der Waals surface area contributed by atoms with Gasteiger partial charge in [0.2, 0.25) is 0 Å². The van der Waals surface area contributed by atoms with Crippen LogP contribution in [-0.4, -0.2) is 41.7 Å². The molecule has 2 heterocycles. The third-order valence-corrected chi connectivity index (χ3v) is 5.60. The van der Waals surface area contributed by atoms with Gasteiger partial charge in [-0.25, -0.2) is 5.48 Å². The van der Waals surface area contributed by atoms with E-state index in [1.807, 2.05) is 12.1 Å². The third-order valence-electron chi connectivity index (χ3n) is 5.60. The summed E-state index contributed by atoms with van der Waals surface area (Å²) in [6, 6.07) is 17.1. The molecule has 6 nitrogen and oxygen atoms in total. The Morgan fingerprint density at radius 2 is 2.14 bits per heavy atom. The number of likely N-dealkylation sites (tertiary alicyclic amines) is 1. The van der Waals surface area contributed by atoms with Crippen molar-refractivity contribution in [3.8, 4) is 0 Å². The Bertz CT molecular complexity index is 882. The van der Waals surface area contributed by atoms with Gasteiger partial charge in [0, 0.05) is 25.2 Å². The summed E-state index contributed by atoms with van der Waals surface area (Å²) in [5.41, 5.74) is 6.09. The summed E-state index contributed by atoms with van der Waals surface area (Å²) >= 11 is 0. The lowest BCUT2D eigenvalue weighted by Gasteiger charge is -2.33. The van der Waals surface area contributed by atoms with Crippen molar-refractivity contribution >= 4 is 23.4 Å². The van der Waals surface area contributed by atoms with Gasteiger partial charge < -0.3 is 15.1 Å². The molecule has 6 heteroatoms. The molecule has 0 bridgehead atoms. The van der Waals surface area contributed by atoms with Crippen molar-refractivity contribution in [3.63, 3.8) is 0 Å². The number of amides is 1. The topological polar surface area (TPSA) is 67.8 Å². The lowest BCUT2D eigenvalue weighted by Crippen LogP contribution is -2.39. The molecule has 2 aliphatic rings. The first kappa shape index (κ1) is 18.5. The van der Waals surface area contributed by atoms with E-state index in [4.69, 9.17) is 5.21 Å². The minimum Gasteiger partial charge on any atom is -0.360 e. The molecule has 0 aliphatic carbocycles. The number of benzene rings is 2. The molecule has 0 radical (unpaired) electrons. The van der Waals surface area contributed by atoms with Gasteiger partial charge in [-0.1, -0.05) is 37.3 Å². The maximum atomic E-state index is 11.3. The number of hydrogen-bond donors (Lipinski definition) is 3. The highest BCUT2D eigenvalue weighted by Gasteiger charge is 2.37. The molecule has 1 amide bonds. The van der Waals surface area contributed by atoms with Gasteiger partial charge in [-0.05, 0) is 48.4 Å². The molecule has 28 heavy (non-hydrogen) atoms. The van der Waals surface area contributed by atoms with E-state index in [1.165, 1.54) is 11.8 Å². The van der Waals surface area contributed by atoms with Crippen LogP contribution in [0.5, 0.6) is 0 Å². The average molecular weight is 378 g/mol. The van der Waals surface area contributed by atoms with Crippen LogP contribution in [0.25, 0.3) is 6.08 Å². The van der Waals surface area contributed by atoms with Crippen LogP contribution in [0.15, 0.2) is 54.6 Å². The third kappa shape index (κ3) is 3.61. The fraction of sp³-hybridized carbons (Fsp3) is 0.318. The van der Waals surface area contributed by atoms with Crippen LogP contribution < -0.4 is 15.7 Å². The monoisotopic (exact) mass is 378 g/mol. The van der Waals surface area contributed by atoms with Gasteiger partial charge in [-0.3, -0.25) is 10.0 Å². The number of nitrogens with one attached hydrogen (secondary N) is 2. The van der Waals surface area contributed by atoms with E-state index < -0.39 is 5.91 Å². The molecule has 2 unspecified atom stereocenters. The summed E-state index contributed by atoms with van der Waals surface area (Å²) in [6.45, 7) is 5.50. The van der Waals surface area contributed by atoms with E-state index in [1.54, 1.807) is 11.6 Å². The van der Waals surface area contributed by atoms with Gasteiger partial charge in [-0.15, -0.1) is 0 Å². The van der Waals surface area contributed by atoms with Crippen molar-refractivity contribution in [1.29, 1.82) is 0 Å². The summed E-state index contributed by atoms with van der Waals surface area (Å²) in [7, 11) is 0. The number of likely N-dealkylation sites (N-methyl/N-ethyl adjacent to an activating group) is 1. The summed E-state index contributed by atoms with van der Waals surface area (Å²) < 4.78 is 0. The number of hydroxylamine groups is 1. The summed E-state index contributed by atoms with van der Waals surface area (Å²) in [5, 5.41) is 12.3. The van der Waals surface area contributed by atoms with Crippen molar-refractivity contribution in [3.05, 3.63) is 65.7 Å². The highest BCUT2D eigenvalue weighted by atomic mass is 16.5. The molecule has 0 spiro atoms. The normalized spacial score (nSPS) is 21.7. The molecular weight excluding hydrogens is 352 g/mol. The van der Waals surface area contributed by atoms with Crippen molar-refractivity contribution in [2.24, 2.45) is 0 Å². The minimum atomic E-state index is -0.538. The van der Waals surface area contributed by atoms with E-state index in [9.17, 15) is 4.79 Å². The minimum absolute atomic E-state index is 0.0548. The molecule has 2 atom stereocenters. The van der Waals surface area contributed by atoms with Crippen molar-refractivity contribution in [2.75, 3.05) is 29.9 Å². The van der Waals surface area contributed by atoms with Crippen molar-refractivity contribution in [2.45, 2.75) is 25.6 Å². The highest BCUT2D eigenvalue weighted by Crippen LogP contribution is 2.43. The van der Waals surface area contributed by atoms with Crippen molar-refractivity contribution < 1.29 is 10.0 Å².